The quantitative estimate of drug-likeness (QED) is 0.479. The van der Waals surface area contributed by atoms with E-state index in [9.17, 15) is 4.79 Å². The van der Waals surface area contributed by atoms with Gasteiger partial charge in [-0.1, -0.05) is 0 Å². The van der Waals surface area contributed by atoms with Crippen molar-refractivity contribution in [3.8, 4) is 0 Å². The molecule has 1 N–H and O–H groups in total. The molecule has 1 aromatic heterocycles. The third-order valence-electron chi connectivity index (χ3n) is 0.511. The number of aromatic nitrogens is 1. The molecule has 0 bridgehead atoms. The molecule has 38 valence electrons. The monoisotopic (exact) mass is 117 g/mol. The van der Waals surface area contributed by atoms with Crippen molar-refractivity contribution in [3.63, 3.8) is 0 Å². The lowest BCUT2D eigenvalue weighted by molar-refractivity contribution is 0.378. The van der Waals surface area contributed by atoms with E-state index >= 15 is 0 Å². The third kappa shape index (κ3) is 0.866. The van der Waals surface area contributed by atoms with Crippen LogP contribution in [0.1, 0.15) is 0 Å². The summed E-state index contributed by atoms with van der Waals surface area (Å²) >= 11 is 3.76. The van der Waals surface area contributed by atoms with Crippen LogP contribution in [0.15, 0.2) is 20.4 Å². The van der Waals surface area contributed by atoms with E-state index < -0.39 is 5.63 Å². The Morgan fingerprint density at radius 3 is 2.71 bits per heavy atom. The molecule has 0 aromatic carbocycles. The van der Waals surface area contributed by atoms with Crippen LogP contribution in [0.3, 0.4) is 0 Å². The molecule has 0 radical (unpaired) electrons. The molecule has 0 unspecified atom stereocenters. The highest BCUT2D eigenvalue weighted by atomic mass is 32.1. The SMILES string of the molecule is O=c1cc(S)[nH]o1. The van der Waals surface area contributed by atoms with Gasteiger partial charge in [0.2, 0.25) is 0 Å². The summed E-state index contributed by atoms with van der Waals surface area (Å²) < 4.78 is 4.21. The molecule has 0 saturated heterocycles. The zero-order valence-corrected chi connectivity index (χ0v) is 4.24. The molecule has 0 aliphatic heterocycles. The molecular weight excluding hydrogens is 114 g/mol. The van der Waals surface area contributed by atoms with E-state index in [-0.39, 0.29) is 0 Å². The second-order valence-electron chi connectivity index (χ2n) is 1.05. The normalized spacial score (nSPS) is 9.29. The number of nitrogens with one attached hydrogen (secondary N) is 1. The fourth-order valence-corrected chi connectivity index (χ4v) is 0.424. The lowest BCUT2D eigenvalue weighted by Crippen LogP contribution is -1.84. The van der Waals surface area contributed by atoms with Gasteiger partial charge in [0.05, 0.1) is 6.07 Å². The van der Waals surface area contributed by atoms with Crippen molar-refractivity contribution in [1.29, 1.82) is 0 Å². The summed E-state index contributed by atoms with van der Waals surface area (Å²) in [6, 6.07) is 1.25. The average molecular weight is 117 g/mol. The lowest BCUT2D eigenvalue weighted by Gasteiger charge is -1.65. The Kier molecular flexibility index (Phi) is 0.941. The minimum atomic E-state index is -0.398. The Balaban J connectivity index is 3.30. The van der Waals surface area contributed by atoms with Crippen molar-refractivity contribution in [1.82, 2.24) is 5.16 Å². The van der Waals surface area contributed by atoms with Crippen LogP contribution in [-0.4, -0.2) is 5.16 Å². The first-order valence-corrected chi connectivity index (χ1v) is 2.11. The Hall–Kier alpha value is -0.640. The number of hydrogen-bond acceptors (Lipinski definition) is 3. The maximum absolute atomic E-state index is 10.0. The van der Waals surface area contributed by atoms with E-state index in [0.29, 0.717) is 5.03 Å². The predicted molar refractivity (Wildman–Crippen MR) is 26.6 cm³/mol. The molecule has 0 spiro atoms. The van der Waals surface area contributed by atoms with Gasteiger partial charge in [-0.2, -0.15) is 0 Å². The van der Waals surface area contributed by atoms with Crippen LogP contribution in [0.5, 0.6) is 0 Å². The van der Waals surface area contributed by atoms with E-state index in [2.05, 4.69) is 22.3 Å². The largest absolute Gasteiger partial charge is 0.358 e. The molecule has 1 rings (SSSR count). The van der Waals surface area contributed by atoms with Gasteiger partial charge in [-0.15, -0.1) is 12.6 Å². The minimum Gasteiger partial charge on any atom is -0.338 e. The third-order valence-corrected chi connectivity index (χ3v) is 0.731. The van der Waals surface area contributed by atoms with E-state index in [4.69, 9.17) is 0 Å². The maximum atomic E-state index is 10.0. The molecule has 0 atom stereocenters. The summed E-state index contributed by atoms with van der Waals surface area (Å²) in [7, 11) is 0. The van der Waals surface area contributed by atoms with Crippen LogP contribution >= 0.6 is 12.6 Å². The molecule has 1 aromatic rings. The summed E-state index contributed by atoms with van der Waals surface area (Å²) in [6.07, 6.45) is 0. The van der Waals surface area contributed by atoms with Crippen LogP contribution in [0, 0.1) is 0 Å². The first kappa shape index (κ1) is 4.52. The number of H-pyrrole nitrogens is 1. The molecule has 1 heterocycles. The average Bonchev–Trinajstić information content (AvgIpc) is 1.87. The Morgan fingerprint density at radius 1 is 1.86 bits per heavy atom. The fourth-order valence-electron chi connectivity index (χ4n) is 0.273. The zero-order valence-electron chi connectivity index (χ0n) is 3.34. The van der Waals surface area contributed by atoms with Crippen molar-refractivity contribution in [2.75, 3.05) is 0 Å². The van der Waals surface area contributed by atoms with Crippen molar-refractivity contribution in [2.45, 2.75) is 5.03 Å². The Bertz CT molecular complexity index is 201. The molecule has 0 saturated carbocycles. The molecule has 7 heavy (non-hydrogen) atoms. The molecule has 0 aliphatic rings. The number of hydrogen-bond donors (Lipinski definition) is 2. The molecule has 0 aliphatic carbocycles. The Morgan fingerprint density at radius 2 is 2.57 bits per heavy atom. The highest BCUT2D eigenvalue weighted by molar-refractivity contribution is 7.80. The summed E-state index contributed by atoms with van der Waals surface area (Å²) in [6.45, 7) is 0. The highest BCUT2D eigenvalue weighted by Crippen LogP contribution is 1.91. The van der Waals surface area contributed by atoms with Crippen LogP contribution in [0.4, 0.5) is 0 Å². The van der Waals surface area contributed by atoms with Gasteiger partial charge in [0.1, 0.15) is 5.03 Å². The van der Waals surface area contributed by atoms with Gasteiger partial charge in [-0.25, -0.2) is 9.95 Å². The lowest BCUT2D eigenvalue weighted by atomic mass is 10.7. The van der Waals surface area contributed by atoms with Crippen LogP contribution in [-0.2, 0) is 0 Å². The van der Waals surface area contributed by atoms with Crippen molar-refractivity contribution in [3.05, 3.63) is 16.5 Å². The second kappa shape index (κ2) is 1.46. The van der Waals surface area contributed by atoms with Gasteiger partial charge in [-0.3, -0.25) is 0 Å². The van der Waals surface area contributed by atoms with Crippen molar-refractivity contribution < 1.29 is 4.52 Å². The van der Waals surface area contributed by atoms with Gasteiger partial charge >= 0.3 is 5.63 Å². The van der Waals surface area contributed by atoms with Gasteiger partial charge < -0.3 is 4.52 Å². The first-order chi connectivity index (χ1) is 3.29. The summed E-state index contributed by atoms with van der Waals surface area (Å²) in [5.41, 5.74) is -0.398. The molecule has 3 nitrogen and oxygen atoms in total. The van der Waals surface area contributed by atoms with Crippen LogP contribution in [0.2, 0.25) is 0 Å². The summed E-state index contributed by atoms with van der Waals surface area (Å²) in [5, 5.41) is 2.69. The van der Waals surface area contributed by atoms with Crippen LogP contribution in [0.25, 0.3) is 0 Å². The van der Waals surface area contributed by atoms with Crippen LogP contribution < -0.4 is 5.63 Å². The van der Waals surface area contributed by atoms with Gasteiger partial charge in [0.25, 0.3) is 0 Å². The fraction of sp³-hybridized carbons (Fsp3) is 0. The molecule has 0 fully saturated rings. The highest BCUT2D eigenvalue weighted by Gasteiger charge is 1.86. The second-order valence-corrected chi connectivity index (χ2v) is 1.53. The molecular formula is C3H3NO2S. The maximum Gasteiger partial charge on any atom is 0.358 e. The van der Waals surface area contributed by atoms with Crippen molar-refractivity contribution in [2.24, 2.45) is 0 Å². The topological polar surface area (TPSA) is 46.0 Å². The van der Waals surface area contributed by atoms with E-state index in [1.807, 2.05) is 0 Å². The summed E-state index contributed by atoms with van der Waals surface area (Å²) in [5.74, 6) is 0. The molecule has 0 amide bonds. The van der Waals surface area contributed by atoms with Crippen molar-refractivity contribution >= 4 is 12.6 Å². The number of thiol groups is 1. The standard InChI is InChI=1S/C3H3NO2S/c5-3-1-2(7)4-6-3/h1,4,7H. The number of rotatable bonds is 0. The molecule has 4 heteroatoms. The Labute approximate surface area is 44.7 Å². The van der Waals surface area contributed by atoms with E-state index in [1.165, 1.54) is 6.07 Å². The van der Waals surface area contributed by atoms with E-state index in [1.54, 1.807) is 0 Å². The first-order valence-electron chi connectivity index (χ1n) is 1.66. The smallest absolute Gasteiger partial charge is 0.338 e. The number of aromatic amines is 1. The minimum absolute atomic E-state index is 0.398. The zero-order chi connectivity index (χ0) is 5.28. The van der Waals surface area contributed by atoms with Gasteiger partial charge in [-0.05, 0) is 0 Å². The summed E-state index contributed by atoms with van der Waals surface area (Å²) in [4.78, 5) is 10.0. The van der Waals surface area contributed by atoms with Gasteiger partial charge in [0.15, 0.2) is 0 Å². The predicted octanol–water partition coefficient (Wildman–Crippen LogP) is 0.257. The van der Waals surface area contributed by atoms with E-state index in [0.717, 1.165) is 0 Å². The van der Waals surface area contributed by atoms with Gasteiger partial charge in [0, 0.05) is 0 Å².